The molecule has 0 unspecified atom stereocenters. The van der Waals surface area contributed by atoms with Gasteiger partial charge in [-0.3, -0.25) is 14.4 Å². The lowest BCUT2D eigenvalue weighted by Crippen LogP contribution is -2.22. The van der Waals surface area contributed by atoms with Crippen molar-refractivity contribution in [2.75, 3.05) is 24.4 Å². The molecule has 2 N–H and O–H groups in total. The Morgan fingerprint density at radius 2 is 1.57 bits per heavy atom. The summed E-state index contributed by atoms with van der Waals surface area (Å²) in [5.74, 6) is -0.952. The summed E-state index contributed by atoms with van der Waals surface area (Å²) in [5, 5.41) is 5.32. The van der Waals surface area contributed by atoms with Gasteiger partial charge in [0.1, 0.15) is 5.75 Å². The number of anilines is 2. The molecule has 0 aliphatic rings. The quantitative estimate of drug-likeness (QED) is 0.335. The summed E-state index contributed by atoms with van der Waals surface area (Å²) in [5.41, 5.74) is 2.29. The number of ether oxygens (including phenoxy) is 2. The number of carbonyl (C=O) groups is 4. The van der Waals surface area contributed by atoms with E-state index in [2.05, 4.69) is 10.6 Å². The Hall–Kier alpha value is -4.46. The van der Waals surface area contributed by atoms with Crippen molar-refractivity contribution in [1.29, 1.82) is 0 Å². The lowest BCUT2D eigenvalue weighted by molar-refractivity contribution is -0.119. The molecule has 3 rings (SSSR count). The second-order valence-corrected chi connectivity index (χ2v) is 7.70. The number of hydrogen-bond donors (Lipinski definition) is 2. The van der Waals surface area contributed by atoms with E-state index in [0.717, 1.165) is 11.3 Å². The second kappa shape index (κ2) is 12.1. The maximum atomic E-state index is 12.6. The Morgan fingerprint density at radius 1 is 0.829 bits per heavy atom. The monoisotopic (exact) mass is 474 g/mol. The van der Waals surface area contributed by atoms with Crippen molar-refractivity contribution < 1.29 is 28.7 Å². The molecule has 2 amide bonds. The molecule has 3 aromatic rings. The number of aryl methyl sites for hydroxylation is 1. The molecule has 8 nitrogen and oxygen atoms in total. The third kappa shape index (κ3) is 7.53. The average molecular weight is 475 g/mol. The molecule has 0 bridgehead atoms. The normalized spacial score (nSPS) is 10.2. The van der Waals surface area contributed by atoms with E-state index in [0.29, 0.717) is 23.4 Å². The molecule has 0 radical (unpaired) electrons. The van der Waals surface area contributed by atoms with E-state index in [4.69, 9.17) is 9.47 Å². The number of amides is 2. The molecule has 0 aliphatic carbocycles. The molecule has 35 heavy (non-hydrogen) atoms. The van der Waals surface area contributed by atoms with Crippen LogP contribution in [-0.4, -0.2) is 37.3 Å². The number of benzene rings is 3. The van der Waals surface area contributed by atoms with Crippen LogP contribution in [0.5, 0.6) is 5.75 Å². The van der Waals surface area contributed by atoms with Gasteiger partial charge in [0.05, 0.1) is 18.4 Å². The number of para-hydroxylation sites is 1. The topological polar surface area (TPSA) is 111 Å². The van der Waals surface area contributed by atoms with Crippen molar-refractivity contribution in [3.63, 3.8) is 0 Å². The molecule has 180 valence electrons. The lowest BCUT2D eigenvalue weighted by Gasteiger charge is -2.11. The number of carbonyl (C=O) groups excluding carboxylic acids is 4. The van der Waals surface area contributed by atoms with Crippen molar-refractivity contribution in [3.8, 4) is 5.75 Å². The first-order valence-corrected chi connectivity index (χ1v) is 11.0. The average Bonchev–Trinajstić information content (AvgIpc) is 2.87. The molecule has 8 heteroatoms. The maximum Gasteiger partial charge on any atom is 0.340 e. The zero-order valence-electron chi connectivity index (χ0n) is 19.5. The molecule has 0 heterocycles. The molecule has 0 aromatic heterocycles. The number of hydrogen-bond acceptors (Lipinski definition) is 6. The first-order chi connectivity index (χ1) is 16.9. The molecule has 0 aliphatic heterocycles. The molecule has 0 fully saturated rings. The lowest BCUT2D eigenvalue weighted by atomic mass is 10.1. The first-order valence-electron chi connectivity index (χ1n) is 11.0. The molecular formula is C27H26N2O6. The van der Waals surface area contributed by atoms with Gasteiger partial charge in [0, 0.05) is 17.7 Å². The van der Waals surface area contributed by atoms with Crippen LogP contribution in [0.2, 0.25) is 0 Å². The zero-order chi connectivity index (χ0) is 25.2. The van der Waals surface area contributed by atoms with Crippen molar-refractivity contribution in [2.45, 2.75) is 19.8 Å². The van der Waals surface area contributed by atoms with Crippen LogP contribution in [0.4, 0.5) is 11.4 Å². The largest absolute Gasteiger partial charge is 0.497 e. The summed E-state index contributed by atoms with van der Waals surface area (Å²) in [4.78, 5) is 48.7. The Morgan fingerprint density at radius 3 is 2.29 bits per heavy atom. The van der Waals surface area contributed by atoms with Crippen molar-refractivity contribution in [2.24, 2.45) is 0 Å². The number of nitrogens with one attached hydrogen (secondary N) is 2. The highest BCUT2D eigenvalue weighted by Gasteiger charge is 2.16. The van der Waals surface area contributed by atoms with Crippen LogP contribution in [0.25, 0.3) is 0 Å². The Bertz CT molecular complexity index is 1220. The van der Waals surface area contributed by atoms with E-state index >= 15 is 0 Å². The maximum absolute atomic E-state index is 12.6. The minimum Gasteiger partial charge on any atom is -0.497 e. The van der Waals surface area contributed by atoms with Crippen molar-refractivity contribution in [3.05, 3.63) is 89.5 Å². The standard InChI is InChI=1S/C27H26N2O6/c1-18(30)20-6-5-7-21(16-20)28-26(32)17-35-27(33)23-8-3-4-9-24(23)29-25(31)15-12-19-10-13-22(34-2)14-11-19/h3-11,13-14,16H,12,15,17H2,1-2H3,(H,28,32)(H,29,31). The fourth-order valence-corrected chi connectivity index (χ4v) is 3.25. The van der Waals surface area contributed by atoms with Crippen LogP contribution >= 0.6 is 0 Å². The number of ketones is 1. The van der Waals surface area contributed by atoms with Crippen LogP contribution in [0, 0.1) is 0 Å². The fraction of sp³-hybridized carbons (Fsp3) is 0.185. The van der Waals surface area contributed by atoms with Gasteiger partial charge in [0.2, 0.25) is 5.91 Å². The van der Waals surface area contributed by atoms with E-state index in [9.17, 15) is 19.2 Å². The molecule has 0 atom stereocenters. The van der Waals surface area contributed by atoms with Gasteiger partial charge in [-0.05, 0) is 55.3 Å². The summed E-state index contributed by atoms with van der Waals surface area (Å²) in [6, 6.07) is 20.3. The predicted molar refractivity (Wildman–Crippen MR) is 132 cm³/mol. The zero-order valence-corrected chi connectivity index (χ0v) is 19.5. The first kappa shape index (κ1) is 25.2. The van der Waals surface area contributed by atoms with E-state index in [-0.39, 0.29) is 23.7 Å². The van der Waals surface area contributed by atoms with Crippen molar-refractivity contribution >= 4 is 34.9 Å². The van der Waals surface area contributed by atoms with E-state index in [1.165, 1.54) is 13.0 Å². The van der Waals surface area contributed by atoms with Crippen LogP contribution in [-0.2, 0) is 20.7 Å². The smallest absolute Gasteiger partial charge is 0.340 e. The van der Waals surface area contributed by atoms with Gasteiger partial charge >= 0.3 is 5.97 Å². The summed E-state index contributed by atoms with van der Waals surface area (Å²) in [6.45, 7) is 0.904. The molecule has 0 saturated carbocycles. The van der Waals surface area contributed by atoms with Crippen LogP contribution < -0.4 is 15.4 Å². The van der Waals surface area contributed by atoms with Gasteiger partial charge in [0.15, 0.2) is 12.4 Å². The van der Waals surface area contributed by atoms with Gasteiger partial charge in [0.25, 0.3) is 5.91 Å². The van der Waals surface area contributed by atoms with Gasteiger partial charge in [-0.1, -0.05) is 36.4 Å². The summed E-state index contributed by atoms with van der Waals surface area (Å²) < 4.78 is 10.3. The molecule has 0 saturated heterocycles. The number of methoxy groups -OCH3 is 1. The highest BCUT2D eigenvalue weighted by atomic mass is 16.5. The third-order valence-electron chi connectivity index (χ3n) is 5.11. The fourth-order valence-electron chi connectivity index (χ4n) is 3.25. The van der Waals surface area contributed by atoms with Gasteiger partial charge in [-0.2, -0.15) is 0 Å². The number of Topliss-reactive ketones (excluding diaryl/α,β-unsaturated/α-hetero) is 1. The van der Waals surface area contributed by atoms with Crippen LogP contribution in [0.3, 0.4) is 0 Å². The van der Waals surface area contributed by atoms with Gasteiger partial charge < -0.3 is 20.1 Å². The second-order valence-electron chi connectivity index (χ2n) is 7.70. The Balaban J connectivity index is 1.53. The van der Waals surface area contributed by atoms with Gasteiger partial charge in [-0.15, -0.1) is 0 Å². The summed E-state index contributed by atoms with van der Waals surface area (Å²) >= 11 is 0. The van der Waals surface area contributed by atoms with Crippen LogP contribution in [0.1, 0.15) is 39.6 Å². The minimum absolute atomic E-state index is 0.129. The van der Waals surface area contributed by atoms with Crippen LogP contribution in [0.15, 0.2) is 72.8 Å². The molecule has 0 spiro atoms. The Kier molecular flexibility index (Phi) is 8.72. The van der Waals surface area contributed by atoms with E-state index < -0.39 is 18.5 Å². The summed E-state index contributed by atoms with van der Waals surface area (Å²) in [7, 11) is 1.59. The van der Waals surface area contributed by atoms with E-state index in [1.807, 2.05) is 24.3 Å². The highest BCUT2D eigenvalue weighted by molar-refractivity contribution is 6.02. The SMILES string of the molecule is COc1ccc(CCC(=O)Nc2ccccc2C(=O)OCC(=O)Nc2cccc(C(C)=O)c2)cc1. The number of rotatable bonds is 10. The molecular weight excluding hydrogens is 448 g/mol. The number of esters is 1. The molecule has 3 aromatic carbocycles. The third-order valence-corrected chi connectivity index (χ3v) is 5.11. The summed E-state index contributed by atoms with van der Waals surface area (Å²) in [6.07, 6.45) is 0.741. The highest BCUT2D eigenvalue weighted by Crippen LogP contribution is 2.18. The predicted octanol–water partition coefficient (Wildman–Crippen LogP) is 4.26. The van der Waals surface area contributed by atoms with E-state index in [1.54, 1.807) is 49.6 Å². The minimum atomic E-state index is -0.747. The van der Waals surface area contributed by atoms with Gasteiger partial charge in [-0.25, -0.2) is 4.79 Å². The van der Waals surface area contributed by atoms with Crippen molar-refractivity contribution in [1.82, 2.24) is 0 Å². The Labute approximate surface area is 203 Å².